The number of fused-ring (bicyclic) bond motifs is 1. The third kappa shape index (κ3) is 5.15. The average Bonchev–Trinajstić information content (AvgIpc) is 3.45. The molecule has 1 aliphatic heterocycles. The maximum absolute atomic E-state index is 12.9. The predicted octanol–water partition coefficient (Wildman–Crippen LogP) is 6.85. The van der Waals surface area contributed by atoms with Gasteiger partial charge in [-0.3, -0.25) is 4.79 Å². The first-order chi connectivity index (χ1) is 17.5. The van der Waals surface area contributed by atoms with Crippen molar-refractivity contribution in [3.63, 3.8) is 0 Å². The average molecular weight is 482 g/mol. The van der Waals surface area contributed by atoms with Crippen molar-refractivity contribution in [3.8, 4) is 5.75 Å². The monoisotopic (exact) mass is 481 g/mol. The third-order valence-electron chi connectivity index (χ3n) is 7.11. The van der Waals surface area contributed by atoms with E-state index in [-0.39, 0.29) is 11.8 Å². The van der Waals surface area contributed by atoms with Crippen LogP contribution in [0.3, 0.4) is 0 Å². The summed E-state index contributed by atoms with van der Waals surface area (Å²) in [4.78, 5) is 19.8. The highest BCUT2D eigenvalue weighted by molar-refractivity contribution is 5.96. The molecule has 0 aliphatic carbocycles. The number of hydrogen-bond acceptors (Lipinski definition) is 3. The number of nitrogens with zero attached hydrogens (tertiary/aromatic N) is 3. The summed E-state index contributed by atoms with van der Waals surface area (Å²) < 4.78 is 8.31. The lowest BCUT2D eigenvalue weighted by molar-refractivity contribution is -0.117. The first-order valence-electron chi connectivity index (χ1n) is 13.0. The van der Waals surface area contributed by atoms with Crippen molar-refractivity contribution in [2.24, 2.45) is 0 Å². The normalized spacial score (nSPS) is 15.8. The number of anilines is 1. The van der Waals surface area contributed by atoms with E-state index in [1.54, 1.807) is 0 Å². The molecule has 4 aromatic rings. The number of rotatable bonds is 9. The van der Waals surface area contributed by atoms with E-state index in [0.717, 1.165) is 47.7 Å². The summed E-state index contributed by atoms with van der Waals surface area (Å²) in [7, 11) is 0. The minimum atomic E-state index is 0.0851. The van der Waals surface area contributed by atoms with E-state index in [1.807, 2.05) is 23.1 Å². The molecule has 5 nitrogen and oxygen atoms in total. The second kappa shape index (κ2) is 10.6. The SMILES string of the molecule is Cc1ccc(N2CC(c3nc4ccccc4n3CCCCOc3ccc(C(C)C)cc3)CC2=O)cc1. The zero-order valence-corrected chi connectivity index (χ0v) is 21.5. The number of imidazole rings is 1. The molecule has 1 aromatic heterocycles. The van der Waals surface area contributed by atoms with Gasteiger partial charge in [-0.25, -0.2) is 4.98 Å². The first-order valence-corrected chi connectivity index (χ1v) is 13.0. The zero-order valence-electron chi connectivity index (χ0n) is 21.5. The highest BCUT2D eigenvalue weighted by Crippen LogP contribution is 2.33. The fourth-order valence-electron chi connectivity index (χ4n) is 5.01. The summed E-state index contributed by atoms with van der Waals surface area (Å²) in [5.41, 5.74) is 5.62. The molecule has 1 atom stereocenters. The molecule has 0 radical (unpaired) electrons. The Morgan fingerprint density at radius 3 is 2.47 bits per heavy atom. The summed E-state index contributed by atoms with van der Waals surface area (Å²) in [6, 6.07) is 24.9. The van der Waals surface area contributed by atoms with Crippen LogP contribution in [0.5, 0.6) is 5.75 Å². The van der Waals surface area contributed by atoms with Crippen LogP contribution in [0.4, 0.5) is 5.69 Å². The number of aromatic nitrogens is 2. The molecule has 0 spiro atoms. The van der Waals surface area contributed by atoms with Crippen molar-refractivity contribution in [3.05, 3.63) is 89.7 Å². The maximum atomic E-state index is 12.9. The molecule has 1 saturated heterocycles. The fourth-order valence-corrected chi connectivity index (χ4v) is 5.01. The number of carbonyl (C=O) groups is 1. The minimum Gasteiger partial charge on any atom is -0.494 e. The Hall–Kier alpha value is -3.60. The van der Waals surface area contributed by atoms with Crippen molar-refractivity contribution in [1.82, 2.24) is 9.55 Å². The van der Waals surface area contributed by atoms with E-state index < -0.39 is 0 Å². The van der Waals surface area contributed by atoms with Crippen molar-refractivity contribution in [2.75, 3.05) is 18.1 Å². The number of ether oxygens (including phenoxy) is 1. The Bertz CT molecular complexity index is 1320. The van der Waals surface area contributed by atoms with Crippen LogP contribution in [0.25, 0.3) is 11.0 Å². The second-order valence-corrected chi connectivity index (χ2v) is 10.1. The van der Waals surface area contributed by atoms with Gasteiger partial charge in [0.1, 0.15) is 11.6 Å². The largest absolute Gasteiger partial charge is 0.494 e. The zero-order chi connectivity index (χ0) is 25.1. The quantitative estimate of drug-likeness (QED) is 0.246. The number of benzene rings is 3. The van der Waals surface area contributed by atoms with E-state index in [4.69, 9.17) is 9.72 Å². The van der Waals surface area contributed by atoms with Gasteiger partial charge in [-0.15, -0.1) is 0 Å². The molecule has 2 heterocycles. The number of hydrogen-bond donors (Lipinski definition) is 0. The van der Waals surface area contributed by atoms with Crippen LogP contribution in [-0.2, 0) is 11.3 Å². The Balaban J connectivity index is 1.25. The van der Waals surface area contributed by atoms with Gasteiger partial charge in [-0.05, 0) is 67.6 Å². The molecule has 3 aromatic carbocycles. The van der Waals surface area contributed by atoms with Gasteiger partial charge in [0, 0.05) is 31.1 Å². The summed E-state index contributed by atoms with van der Waals surface area (Å²) in [5, 5.41) is 0. The highest BCUT2D eigenvalue weighted by atomic mass is 16.5. The molecule has 1 unspecified atom stereocenters. The van der Waals surface area contributed by atoms with Crippen LogP contribution in [0.1, 0.15) is 61.9 Å². The highest BCUT2D eigenvalue weighted by Gasteiger charge is 2.34. The summed E-state index contributed by atoms with van der Waals surface area (Å²) >= 11 is 0. The summed E-state index contributed by atoms with van der Waals surface area (Å²) in [5.74, 6) is 2.72. The maximum Gasteiger partial charge on any atom is 0.227 e. The Kier molecular flexibility index (Phi) is 7.08. The molecular formula is C31H35N3O2. The number of amides is 1. The van der Waals surface area contributed by atoms with Crippen LogP contribution in [0.15, 0.2) is 72.8 Å². The third-order valence-corrected chi connectivity index (χ3v) is 7.11. The van der Waals surface area contributed by atoms with E-state index in [9.17, 15) is 4.79 Å². The number of para-hydroxylation sites is 2. The lowest BCUT2D eigenvalue weighted by atomic mass is 10.0. The smallest absolute Gasteiger partial charge is 0.227 e. The fraction of sp³-hybridized carbons (Fsp3) is 0.355. The molecule has 5 heteroatoms. The molecule has 5 rings (SSSR count). The van der Waals surface area contributed by atoms with Crippen LogP contribution >= 0.6 is 0 Å². The lowest BCUT2D eigenvalue weighted by Gasteiger charge is -2.18. The molecule has 186 valence electrons. The van der Waals surface area contributed by atoms with E-state index in [1.165, 1.54) is 11.1 Å². The number of unbranched alkanes of at least 4 members (excludes halogenated alkanes) is 1. The molecule has 1 fully saturated rings. The molecule has 36 heavy (non-hydrogen) atoms. The van der Waals surface area contributed by atoms with E-state index in [0.29, 0.717) is 25.5 Å². The van der Waals surface area contributed by atoms with Gasteiger partial charge in [0.05, 0.1) is 17.6 Å². The minimum absolute atomic E-state index is 0.0851. The van der Waals surface area contributed by atoms with Gasteiger partial charge in [0.25, 0.3) is 0 Å². The molecule has 0 N–H and O–H groups in total. The van der Waals surface area contributed by atoms with Crippen LogP contribution in [0, 0.1) is 6.92 Å². The standard InChI is InChI=1S/C31H35N3O2/c1-22(2)24-12-16-27(17-13-24)36-19-7-6-18-33-29-9-5-4-8-28(29)32-31(33)25-20-30(35)34(21-25)26-14-10-23(3)11-15-26/h4-5,8-17,22,25H,6-7,18-21H2,1-3H3. The molecule has 1 aliphatic rings. The summed E-state index contributed by atoms with van der Waals surface area (Å²) in [6.07, 6.45) is 2.43. The van der Waals surface area contributed by atoms with E-state index in [2.05, 4.69) is 79.9 Å². The van der Waals surface area contributed by atoms with Gasteiger partial charge >= 0.3 is 0 Å². The lowest BCUT2D eigenvalue weighted by Crippen LogP contribution is -2.24. The van der Waals surface area contributed by atoms with Crippen LogP contribution in [-0.4, -0.2) is 28.6 Å². The predicted molar refractivity (Wildman–Crippen MR) is 146 cm³/mol. The Labute approximate surface area is 213 Å². The van der Waals surface area contributed by atoms with Gasteiger partial charge in [0.2, 0.25) is 5.91 Å². The number of carbonyl (C=O) groups excluding carboxylic acids is 1. The molecule has 1 amide bonds. The van der Waals surface area contributed by atoms with Crippen molar-refractivity contribution in [2.45, 2.75) is 58.4 Å². The molecule has 0 saturated carbocycles. The van der Waals surface area contributed by atoms with Gasteiger partial charge in [-0.1, -0.05) is 55.8 Å². The van der Waals surface area contributed by atoms with Gasteiger partial charge in [0.15, 0.2) is 0 Å². The van der Waals surface area contributed by atoms with Crippen molar-refractivity contribution in [1.29, 1.82) is 0 Å². The van der Waals surface area contributed by atoms with Crippen LogP contribution in [0.2, 0.25) is 0 Å². The first kappa shape index (κ1) is 24.1. The Morgan fingerprint density at radius 1 is 0.972 bits per heavy atom. The van der Waals surface area contributed by atoms with Gasteiger partial charge < -0.3 is 14.2 Å². The molecular weight excluding hydrogens is 446 g/mol. The summed E-state index contributed by atoms with van der Waals surface area (Å²) in [6.45, 7) is 8.68. The Morgan fingerprint density at radius 2 is 1.72 bits per heavy atom. The number of aryl methyl sites for hydroxylation is 2. The van der Waals surface area contributed by atoms with E-state index >= 15 is 0 Å². The second-order valence-electron chi connectivity index (χ2n) is 10.1. The molecule has 0 bridgehead atoms. The van der Waals surface area contributed by atoms with Crippen LogP contribution < -0.4 is 9.64 Å². The van der Waals surface area contributed by atoms with Crippen molar-refractivity contribution >= 4 is 22.6 Å². The van der Waals surface area contributed by atoms with Gasteiger partial charge in [-0.2, -0.15) is 0 Å². The topological polar surface area (TPSA) is 47.4 Å². The van der Waals surface area contributed by atoms with Crippen molar-refractivity contribution < 1.29 is 9.53 Å².